The Kier molecular flexibility index (Phi) is 5.66. The van der Waals surface area contributed by atoms with E-state index in [4.69, 9.17) is 0 Å². The third-order valence-corrected chi connectivity index (χ3v) is 6.10. The van der Waals surface area contributed by atoms with Crippen molar-refractivity contribution in [1.29, 1.82) is 0 Å². The van der Waals surface area contributed by atoms with Crippen LogP contribution in [0, 0.1) is 0 Å². The molecule has 0 amide bonds. The molecule has 0 aliphatic heterocycles. The monoisotopic (exact) mass is 407 g/mol. The number of rotatable bonds is 8. The number of fused-ring (bicyclic) bond motifs is 1. The lowest BCUT2D eigenvalue weighted by molar-refractivity contribution is 0.576. The zero-order chi connectivity index (χ0) is 20.1. The average molecular weight is 407 g/mol. The van der Waals surface area contributed by atoms with Crippen LogP contribution in [0.1, 0.15) is 5.56 Å². The molecule has 3 aromatic heterocycles. The molecule has 4 aromatic rings. The molecule has 4 rings (SSSR count). The summed E-state index contributed by atoms with van der Waals surface area (Å²) in [7, 11) is -3.59. The van der Waals surface area contributed by atoms with Crippen LogP contribution in [0.15, 0.2) is 78.2 Å². The maximum absolute atomic E-state index is 12.6. The summed E-state index contributed by atoms with van der Waals surface area (Å²) in [5.41, 5.74) is 3.88. The number of pyridine rings is 2. The van der Waals surface area contributed by atoms with Gasteiger partial charge in [0.25, 0.3) is 0 Å². The van der Waals surface area contributed by atoms with Crippen molar-refractivity contribution in [3.63, 3.8) is 0 Å². The highest BCUT2D eigenvalue weighted by Crippen LogP contribution is 2.20. The van der Waals surface area contributed by atoms with Crippen molar-refractivity contribution in [2.45, 2.75) is 11.4 Å². The summed E-state index contributed by atoms with van der Waals surface area (Å²) in [6, 6.07) is 15.4. The first-order valence-corrected chi connectivity index (χ1v) is 10.7. The van der Waals surface area contributed by atoms with E-state index in [0.29, 0.717) is 30.7 Å². The molecule has 148 valence electrons. The summed E-state index contributed by atoms with van der Waals surface area (Å²) in [4.78, 5) is 11.4. The second-order valence-corrected chi connectivity index (χ2v) is 8.30. The SMILES string of the molecule is O=S(=O)(NCCNCc1ccc(-c2cccnc2)cc1)c1ccnc2[nH]ccc12. The highest BCUT2D eigenvalue weighted by molar-refractivity contribution is 7.89. The summed E-state index contributed by atoms with van der Waals surface area (Å²) in [6.07, 6.45) is 6.76. The molecule has 0 aliphatic carbocycles. The van der Waals surface area contributed by atoms with Gasteiger partial charge in [0.05, 0.1) is 4.90 Å². The van der Waals surface area contributed by atoms with Crippen molar-refractivity contribution in [2.75, 3.05) is 13.1 Å². The average Bonchev–Trinajstić information content (AvgIpc) is 3.23. The van der Waals surface area contributed by atoms with Crippen molar-refractivity contribution in [1.82, 2.24) is 25.0 Å². The van der Waals surface area contributed by atoms with Crippen molar-refractivity contribution in [2.24, 2.45) is 0 Å². The molecule has 0 atom stereocenters. The lowest BCUT2D eigenvalue weighted by atomic mass is 10.1. The summed E-state index contributed by atoms with van der Waals surface area (Å²) in [5, 5.41) is 3.84. The van der Waals surface area contributed by atoms with Gasteiger partial charge in [0.2, 0.25) is 10.0 Å². The Bertz CT molecular complexity index is 1190. The zero-order valence-electron chi connectivity index (χ0n) is 15.7. The van der Waals surface area contributed by atoms with Crippen LogP contribution in [0.3, 0.4) is 0 Å². The van der Waals surface area contributed by atoms with E-state index in [0.717, 1.165) is 16.7 Å². The molecule has 0 radical (unpaired) electrons. The number of hydrogen-bond acceptors (Lipinski definition) is 5. The largest absolute Gasteiger partial charge is 0.346 e. The van der Waals surface area contributed by atoms with E-state index in [2.05, 4.69) is 49.3 Å². The van der Waals surface area contributed by atoms with E-state index >= 15 is 0 Å². The van der Waals surface area contributed by atoms with Gasteiger partial charge in [0.1, 0.15) is 5.65 Å². The minimum Gasteiger partial charge on any atom is -0.346 e. The highest BCUT2D eigenvalue weighted by atomic mass is 32.2. The number of nitrogens with zero attached hydrogens (tertiary/aromatic N) is 2. The first-order valence-electron chi connectivity index (χ1n) is 9.25. The molecule has 29 heavy (non-hydrogen) atoms. The predicted octanol–water partition coefficient (Wildman–Crippen LogP) is 2.69. The molecule has 8 heteroatoms. The fourth-order valence-corrected chi connectivity index (χ4v) is 4.32. The van der Waals surface area contributed by atoms with Crippen LogP contribution >= 0.6 is 0 Å². The van der Waals surface area contributed by atoms with Gasteiger partial charge in [-0.1, -0.05) is 30.3 Å². The van der Waals surface area contributed by atoms with Gasteiger partial charge >= 0.3 is 0 Å². The standard InChI is InChI=1S/C21H21N5O2S/c27-29(28,20-8-11-25-21-19(20)7-10-24-21)26-13-12-23-14-16-3-5-17(6-4-16)18-2-1-9-22-15-18/h1-11,15,23,26H,12-14H2,(H,24,25). The van der Waals surface area contributed by atoms with E-state index in [1.807, 2.05) is 18.3 Å². The Balaban J connectivity index is 1.28. The fraction of sp³-hybridized carbons (Fsp3) is 0.143. The number of benzene rings is 1. The number of aromatic nitrogens is 3. The summed E-state index contributed by atoms with van der Waals surface area (Å²) in [5.74, 6) is 0. The third-order valence-electron chi connectivity index (χ3n) is 4.58. The van der Waals surface area contributed by atoms with Crippen molar-refractivity contribution in [3.05, 3.63) is 78.9 Å². The van der Waals surface area contributed by atoms with Crippen molar-refractivity contribution in [3.8, 4) is 11.1 Å². The van der Waals surface area contributed by atoms with Crippen LogP contribution in [0.2, 0.25) is 0 Å². The smallest absolute Gasteiger partial charge is 0.241 e. The van der Waals surface area contributed by atoms with Crippen LogP contribution in [0.4, 0.5) is 0 Å². The Morgan fingerprint density at radius 3 is 2.59 bits per heavy atom. The van der Waals surface area contributed by atoms with E-state index in [1.54, 1.807) is 18.5 Å². The summed E-state index contributed by atoms with van der Waals surface area (Å²) < 4.78 is 27.8. The van der Waals surface area contributed by atoms with Gasteiger partial charge in [-0.05, 0) is 34.9 Å². The zero-order valence-corrected chi connectivity index (χ0v) is 16.5. The van der Waals surface area contributed by atoms with E-state index < -0.39 is 10.0 Å². The number of hydrogen-bond donors (Lipinski definition) is 3. The van der Waals surface area contributed by atoms with Gasteiger partial charge in [-0.25, -0.2) is 18.1 Å². The highest BCUT2D eigenvalue weighted by Gasteiger charge is 2.17. The number of H-pyrrole nitrogens is 1. The van der Waals surface area contributed by atoms with Gasteiger partial charge in [0, 0.05) is 49.8 Å². The van der Waals surface area contributed by atoms with Crippen LogP contribution in [-0.4, -0.2) is 36.5 Å². The van der Waals surface area contributed by atoms with Crippen LogP contribution in [-0.2, 0) is 16.6 Å². The Morgan fingerprint density at radius 1 is 0.931 bits per heavy atom. The minimum atomic E-state index is -3.59. The quantitative estimate of drug-likeness (QED) is 0.390. The molecule has 0 fully saturated rings. The predicted molar refractivity (Wildman–Crippen MR) is 113 cm³/mol. The molecule has 0 bridgehead atoms. The van der Waals surface area contributed by atoms with E-state index in [1.165, 1.54) is 12.3 Å². The lowest BCUT2D eigenvalue weighted by Crippen LogP contribution is -2.31. The number of nitrogens with one attached hydrogen (secondary N) is 3. The first kappa shape index (κ1) is 19.3. The number of sulfonamides is 1. The van der Waals surface area contributed by atoms with Crippen LogP contribution in [0.5, 0.6) is 0 Å². The molecule has 0 saturated carbocycles. The summed E-state index contributed by atoms with van der Waals surface area (Å²) in [6.45, 7) is 1.47. The molecule has 3 N–H and O–H groups in total. The number of aromatic amines is 1. The normalized spacial score (nSPS) is 11.7. The summed E-state index contributed by atoms with van der Waals surface area (Å²) >= 11 is 0. The molecule has 0 spiro atoms. The maximum atomic E-state index is 12.6. The van der Waals surface area contributed by atoms with Crippen LogP contribution in [0.25, 0.3) is 22.2 Å². The molecule has 7 nitrogen and oxygen atoms in total. The topological polar surface area (TPSA) is 99.8 Å². The van der Waals surface area contributed by atoms with E-state index in [9.17, 15) is 8.42 Å². The minimum absolute atomic E-state index is 0.231. The van der Waals surface area contributed by atoms with Gasteiger partial charge in [-0.2, -0.15) is 0 Å². The lowest BCUT2D eigenvalue weighted by Gasteiger charge is -2.09. The Labute approximate surface area is 169 Å². The van der Waals surface area contributed by atoms with Crippen molar-refractivity contribution >= 4 is 21.1 Å². The van der Waals surface area contributed by atoms with Crippen molar-refractivity contribution < 1.29 is 8.42 Å². The molecular weight excluding hydrogens is 386 g/mol. The van der Waals surface area contributed by atoms with E-state index in [-0.39, 0.29) is 4.90 Å². The maximum Gasteiger partial charge on any atom is 0.241 e. The molecular formula is C21H21N5O2S. The van der Waals surface area contributed by atoms with Crippen LogP contribution < -0.4 is 10.0 Å². The fourth-order valence-electron chi connectivity index (χ4n) is 3.10. The molecule has 0 saturated heterocycles. The Hall–Kier alpha value is -3.07. The first-order chi connectivity index (χ1) is 14.1. The van der Waals surface area contributed by atoms with Gasteiger partial charge in [-0.3, -0.25) is 4.98 Å². The Morgan fingerprint density at radius 2 is 1.79 bits per heavy atom. The van der Waals surface area contributed by atoms with Gasteiger partial charge in [0.15, 0.2) is 0 Å². The molecule has 3 heterocycles. The molecule has 0 unspecified atom stereocenters. The second kappa shape index (κ2) is 8.52. The second-order valence-electron chi connectivity index (χ2n) is 6.56. The molecule has 0 aliphatic rings. The third kappa shape index (κ3) is 4.51. The van der Waals surface area contributed by atoms with Gasteiger partial charge in [-0.15, -0.1) is 0 Å². The van der Waals surface area contributed by atoms with Gasteiger partial charge < -0.3 is 10.3 Å². The molecule has 1 aromatic carbocycles.